The Hall–Kier alpha value is -2.14. The van der Waals surface area contributed by atoms with Crippen LogP contribution in [0.1, 0.15) is 13.3 Å². The number of methoxy groups -OCH3 is 1. The van der Waals surface area contributed by atoms with E-state index in [2.05, 4.69) is 5.32 Å². The molecule has 0 bridgehead atoms. The van der Waals surface area contributed by atoms with Crippen molar-refractivity contribution in [2.45, 2.75) is 18.2 Å². The molecule has 1 amide bonds. The van der Waals surface area contributed by atoms with Gasteiger partial charge < -0.3 is 14.8 Å². The van der Waals surface area contributed by atoms with E-state index < -0.39 is 0 Å². The molecular weight excluding hydrogens is 310 g/mol. The summed E-state index contributed by atoms with van der Waals surface area (Å²) in [6.45, 7) is 2.19. The molecular formula is C18H21NO3S. The van der Waals surface area contributed by atoms with Gasteiger partial charge in [0.25, 0.3) is 0 Å². The second-order valence-electron chi connectivity index (χ2n) is 4.93. The minimum Gasteiger partial charge on any atom is -0.497 e. The van der Waals surface area contributed by atoms with Crippen molar-refractivity contribution >= 4 is 23.4 Å². The standard InChI is InChI=1S/C18H21NO3S/c1-14(20)19-15-4-10-18(11-5-15)23-13-3-12-22-17-8-6-16(21-2)7-9-17/h4-11H,3,12-13H2,1-2H3,(H,19,20). The number of ether oxygens (including phenoxy) is 2. The molecule has 0 unspecified atom stereocenters. The van der Waals surface area contributed by atoms with Gasteiger partial charge in [-0.05, 0) is 55.0 Å². The number of rotatable bonds is 8. The Morgan fingerprint density at radius 3 is 2.30 bits per heavy atom. The van der Waals surface area contributed by atoms with Gasteiger partial charge in [-0.2, -0.15) is 0 Å². The van der Waals surface area contributed by atoms with E-state index >= 15 is 0 Å². The van der Waals surface area contributed by atoms with Crippen LogP contribution in [0.5, 0.6) is 11.5 Å². The molecule has 0 spiro atoms. The molecule has 0 saturated carbocycles. The highest BCUT2D eigenvalue weighted by atomic mass is 32.2. The van der Waals surface area contributed by atoms with E-state index in [1.165, 1.54) is 11.8 Å². The van der Waals surface area contributed by atoms with Gasteiger partial charge in [0.15, 0.2) is 0 Å². The fourth-order valence-corrected chi connectivity index (χ4v) is 2.78. The fraction of sp³-hybridized carbons (Fsp3) is 0.278. The minimum atomic E-state index is -0.0546. The second kappa shape index (κ2) is 9.10. The predicted octanol–water partition coefficient (Wildman–Crippen LogP) is 4.21. The summed E-state index contributed by atoms with van der Waals surface area (Å²) in [5.74, 6) is 2.61. The van der Waals surface area contributed by atoms with Gasteiger partial charge in [-0.15, -0.1) is 11.8 Å². The van der Waals surface area contributed by atoms with E-state index in [1.807, 2.05) is 48.5 Å². The van der Waals surface area contributed by atoms with Crippen molar-refractivity contribution in [2.75, 3.05) is 24.8 Å². The summed E-state index contributed by atoms with van der Waals surface area (Å²) in [5, 5.41) is 2.76. The monoisotopic (exact) mass is 331 g/mol. The lowest BCUT2D eigenvalue weighted by Crippen LogP contribution is -2.05. The molecule has 0 radical (unpaired) electrons. The normalized spacial score (nSPS) is 10.2. The first-order valence-corrected chi connectivity index (χ1v) is 8.43. The summed E-state index contributed by atoms with van der Waals surface area (Å²) in [5.41, 5.74) is 0.824. The Balaban J connectivity index is 1.65. The van der Waals surface area contributed by atoms with Gasteiger partial charge in [0.05, 0.1) is 13.7 Å². The average molecular weight is 331 g/mol. The summed E-state index contributed by atoms with van der Waals surface area (Å²) < 4.78 is 10.8. The van der Waals surface area contributed by atoms with Crippen molar-refractivity contribution in [3.63, 3.8) is 0 Å². The molecule has 2 aromatic carbocycles. The number of carbonyl (C=O) groups excluding carboxylic acids is 1. The Labute approximate surface area is 141 Å². The number of anilines is 1. The number of amides is 1. The third kappa shape index (κ3) is 6.24. The summed E-state index contributed by atoms with van der Waals surface area (Å²) in [6.07, 6.45) is 0.962. The van der Waals surface area contributed by atoms with Gasteiger partial charge in [-0.3, -0.25) is 4.79 Å². The maximum atomic E-state index is 11.0. The van der Waals surface area contributed by atoms with Gasteiger partial charge in [0.1, 0.15) is 11.5 Å². The first-order chi connectivity index (χ1) is 11.2. The molecule has 122 valence electrons. The maximum Gasteiger partial charge on any atom is 0.221 e. The van der Waals surface area contributed by atoms with Crippen molar-refractivity contribution in [3.05, 3.63) is 48.5 Å². The van der Waals surface area contributed by atoms with Crippen molar-refractivity contribution in [2.24, 2.45) is 0 Å². The van der Waals surface area contributed by atoms with Crippen LogP contribution in [0.15, 0.2) is 53.4 Å². The Morgan fingerprint density at radius 1 is 1.04 bits per heavy atom. The summed E-state index contributed by atoms with van der Waals surface area (Å²) >= 11 is 1.78. The zero-order chi connectivity index (χ0) is 16.5. The molecule has 0 heterocycles. The van der Waals surface area contributed by atoms with Crippen LogP contribution in [-0.4, -0.2) is 25.4 Å². The zero-order valence-electron chi connectivity index (χ0n) is 13.4. The molecule has 5 heteroatoms. The predicted molar refractivity (Wildman–Crippen MR) is 94.6 cm³/mol. The Morgan fingerprint density at radius 2 is 1.70 bits per heavy atom. The van der Waals surface area contributed by atoms with Crippen LogP contribution in [0.25, 0.3) is 0 Å². The first-order valence-electron chi connectivity index (χ1n) is 7.44. The highest BCUT2D eigenvalue weighted by Crippen LogP contribution is 2.21. The molecule has 2 aromatic rings. The number of hydrogen-bond donors (Lipinski definition) is 1. The van der Waals surface area contributed by atoms with Crippen molar-refractivity contribution in [1.82, 2.24) is 0 Å². The third-order valence-corrected chi connectivity index (χ3v) is 4.16. The van der Waals surface area contributed by atoms with E-state index in [4.69, 9.17) is 9.47 Å². The molecule has 0 aliphatic heterocycles. The van der Waals surface area contributed by atoms with Crippen LogP contribution in [-0.2, 0) is 4.79 Å². The van der Waals surface area contributed by atoms with Crippen LogP contribution < -0.4 is 14.8 Å². The van der Waals surface area contributed by atoms with E-state index in [-0.39, 0.29) is 5.91 Å². The highest BCUT2D eigenvalue weighted by Gasteiger charge is 1.99. The molecule has 0 fully saturated rings. The fourth-order valence-electron chi connectivity index (χ4n) is 1.95. The van der Waals surface area contributed by atoms with Gasteiger partial charge in [-0.25, -0.2) is 0 Å². The minimum absolute atomic E-state index is 0.0546. The SMILES string of the molecule is COc1ccc(OCCCSc2ccc(NC(C)=O)cc2)cc1. The largest absolute Gasteiger partial charge is 0.497 e. The molecule has 0 aliphatic rings. The van der Waals surface area contributed by atoms with Crippen LogP contribution in [0.4, 0.5) is 5.69 Å². The zero-order valence-corrected chi connectivity index (χ0v) is 14.2. The molecule has 0 aromatic heterocycles. The number of hydrogen-bond acceptors (Lipinski definition) is 4. The van der Waals surface area contributed by atoms with E-state index in [9.17, 15) is 4.79 Å². The van der Waals surface area contributed by atoms with E-state index in [0.29, 0.717) is 6.61 Å². The number of benzene rings is 2. The van der Waals surface area contributed by atoms with Crippen molar-refractivity contribution in [3.8, 4) is 11.5 Å². The number of nitrogens with one attached hydrogen (secondary N) is 1. The summed E-state index contributed by atoms with van der Waals surface area (Å²) in [6, 6.07) is 15.5. The molecule has 4 nitrogen and oxygen atoms in total. The quantitative estimate of drug-likeness (QED) is 0.581. The van der Waals surface area contributed by atoms with Crippen LogP contribution in [0, 0.1) is 0 Å². The summed E-state index contributed by atoms with van der Waals surface area (Å²) in [4.78, 5) is 12.1. The molecule has 2 rings (SSSR count). The lowest BCUT2D eigenvalue weighted by atomic mass is 10.3. The molecule has 1 N–H and O–H groups in total. The highest BCUT2D eigenvalue weighted by molar-refractivity contribution is 7.99. The Bertz CT molecular complexity index is 611. The third-order valence-electron chi connectivity index (χ3n) is 3.06. The van der Waals surface area contributed by atoms with Crippen LogP contribution in [0.3, 0.4) is 0 Å². The lowest BCUT2D eigenvalue weighted by Gasteiger charge is -2.07. The maximum absolute atomic E-state index is 11.0. The van der Waals surface area contributed by atoms with Crippen molar-refractivity contribution in [1.29, 1.82) is 0 Å². The molecule has 0 aliphatic carbocycles. The van der Waals surface area contributed by atoms with Crippen molar-refractivity contribution < 1.29 is 14.3 Å². The van der Waals surface area contributed by atoms with Gasteiger partial charge >= 0.3 is 0 Å². The molecule has 0 saturated heterocycles. The second-order valence-corrected chi connectivity index (χ2v) is 6.10. The van der Waals surface area contributed by atoms with E-state index in [0.717, 1.165) is 29.4 Å². The number of carbonyl (C=O) groups is 1. The molecule has 23 heavy (non-hydrogen) atoms. The topological polar surface area (TPSA) is 47.6 Å². The van der Waals surface area contributed by atoms with Gasteiger partial charge in [0.2, 0.25) is 5.91 Å². The Kier molecular flexibility index (Phi) is 6.81. The lowest BCUT2D eigenvalue weighted by molar-refractivity contribution is -0.114. The van der Waals surface area contributed by atoms with Crippen LogP contribution >= 0.6 is 11.8 Å². The number of thioether (sulfide) groups is 1. The van der Waals surface area contributed by atoms with Gasteiger partial charge in [-0.1, -0.05) is 0 Å². The summed E-state index contributed by atoms with van der Waals surface area (Å²) in [7, 11) is 1.65. The first kappa shape index (κ1) is 17.2. The van der Waals surface area contributed by atoms with E-state index in [1.54, 1.807) is 18.9 Å². The smallest absolute Gasteiger partial charge is 0.221 e. The van der Waals surface area contributed by atoms with Crippen LogP contribution in [0.2, 0.25) is 0 Å². The average Bonchev–Trinajstić information content (AvgIpc) is 2.56. The van der Waals surface area contributed by atoms with Gasteiger partial charge in [0, 0.05) is 23.3 Å². The molecule has 0 atom stereocenters.